The lowest BCUT2D eigenvalue weighted by molar-refractivity contribution is -0.385. The molecule has 6 nitrogen and oxygen atoms in total. The zero-order valence-corrected chi connectivity index (χ0v) is 13.5. The van der Waals surface area contributed by atoms with Gasteiger partial charge in [0.1, 0.15) is 0 Å². The number of rotatable bonds is 3. The number of nitro benzene ring substituents is 1. The molecule has 2 rings (SSSR count). The van der Waals surface area contributed by atoms with Crippen molar-refractivity contribution in [1.82, 2.24) is 0 Å². The molecule has 0 aromatic heterocycles. The number of nitrogens with zero attached hydrogens (tertiary/aromatic N) is 1. The molecule has 0 fully saturated rings. The number of hydrogen-bond acceptors (Lipinski definition) is 4. The van der Waals surface area contributed by atoms with Crippen LogP contribution in [0.15, 0.2) is 45.3 Å². The van der Waals surface area contributed by atoms with Gasteiger partial charge in [-0.1, -0.05) is 15.9 Å². The van der Waals surface area contributed by atoms with Crippen LogP contribution >= 0.6 is 31.9 Å². The number of phenols is 1. The number of halogens is 2. The van der Waals surface area contributed by atoms with Crippen molar-refractivity contribution in [1.29, 1.82) is 0 Å². The average molecular weight is 416 g/mol. The fourth-order valence-corrected chi connectivity index (χ4v) is 2.31. The van der Waals surface area contributed by atoms with E-state index in [4.69, 9.17) is 0 Å². The van der Waals surface area contributed by atoms with Gasteiger partial charge in [0.25, 0.3) is 5.91 Å². The third kappa shape index (κ3) is 3.59. The summed E-state index contributed by atoms with van der Waals surface area (Å²) in [6.45, 7) is 0. The average Bonchev–Trinajstić information content (AvgIpc) is 2.42. The van der Waals surface area contributed by atoms with Gasteiger partial charge in [0.15, 0.2) is 5.75 Å². The molecule has 0 radical (unpaired) electrons. The topological polar surface area (TPSA) is 92.5 Å². The van der Waals surface area contributed by atoms with Gasteiger partial charge in [0, 0.05) is 20.6 Å². The molecule has 0 aliphatic rings. The number of nitro groups is 1. The minimum absolute atomic E-state index is 0.116. The molecule has 1 amide bonds. The molecule has 0 saturated heterocycles. The number of carbonyl (C=O) groups is 1. The molecular formula is C13H8Br2N2O4. The summed E-state index contributed by atoms with van der Waals surface area (Å²) in [7, 11) is 0. The number of hydrogen-bond donors (Lipinski definition) is 2. The van der Waals surface area contributed by atoms with Crippen LogP contribution in [0.4, 0.5) is 11.4 Å². The highest BCUT2D eigenvalue weighted by Gasteiger charge is 2.16. The summed E-state index contributed by atoms with van der Waals surface area (Å²) in [4.78, 5) is 22.0. The van der Waals surface area contributed by atoms with Crippen molar-refractivity contribution in [3.8, 4) is 5.75 Å². The highest BCUT2D eigenvalue weighted by atomic mass is 79.9. The molecule has 2 aromatic carbocycles. The summed E-state index contributed by atoms with van der Waals surface area (Å²) in [5.41, 5.74) is 0.201. The summed E-state index contributed by atoms with van der Waals surface area (Å²) in [5, 5.41) is 22.8. The van der Waals surface area contributed by atoms with Crippen LogP contribution in [-0.2, 0) is 0 Å². The van der Waals surface area contributed by atoms with Gasteiger partial charge >= 0.3 is 5.69 Å². The molecule has 0 spiro atoms. The highest BCUT2D eigenvalue weighted by Crippen LogP contribution is 2.29. The number of amides is 1. The predicted molar refractivity (Wildman–Crippen MR) is 84.6 cm³/mol. The molecule has 0 aliphatic heterocycles. The maximum atomic E-state index is 12.1. The smallest absolute Gasteiger partial charge is 0.310 e. The van der Waals surface area contributed by atoms with Crippen molar-refractivity contribution in [3.05, 3.63) is 61.0 Å². The van der Waals surface area contributed by atoms with E-state index in [-0.39, 0.29) is 5.56 Å². The van der Waals surface area contributed by atoms with Crippen LogP contribution in [0, 0.1) is 10.1 Å². The third-order valence-corrected chi connectivity index (χ3v) is 3.80. The molecule has 0 atom stereocenters. The van der Waals surface area contributed by atoms with E-state index in [1.165, 1.54) is 6.07 Å². The first-order valence-corrected chi connectivity index (χ1v) is 7.21. The second-order valence-electron chi connectivity index (χ2n) is 4.04. The lowest BCUT2D eigenvalue weighted by Crippen LogP contribution is -2.12. The molecule has 2 N–H and O–H groups in total. The normalized spacial score (nSPS) is 10.2. The van der Waals surface area contributed by atoms with Gasteiger partial charge in [-0.15, -0.1) is 0 Å². The Balaban J connectivity index is 2.26. The SMILES string of the molecule is O=C(Nc1cc(Br)ccc1Br)c1ccc([N+](=O)[O-])c(O)c1. The van der Waals surface area contributed by atoms with Gasteiger partial charge in [0.05, 0.1) is 10.6 Å². The summed E-state index contributed by atoms with van der Waals surface area (Å²) >= 11 is 6.59. The molecule has 0 aliphatic carbocycles. The fourth-order valence-electron chi connectivity index (χ4n) is 1.61. The predicted octanol–water partition coefficient (Wildman–Crippen LogP) is 4.08. The number of aromatic hydroxyl groups is 1. The molecule has 0 unspecified atom stereocenters. The maximum absolute atomic E-state index is 12.1. The largest absolute Gasteiger partial charge is 0.502 e. The first kappa shape index (κ1) is 15.5. The third-order valence-electron chi connectivity index (χ3n) is 2.61. The Kier molecular flexibility index (Phi) is 4.59. The molecule has 0 heterocycles. The van der Waals surface area contributed by atoms with Crippen molar-refractivity contribution in [2.45, 2.75) is 0 Å². The zero-order chi connectivity index (χ0) is 15.6. The van der Waals surface area contributed by atoms with Gasteiger partial charge in [-0.25, -0.2) is 0 Å². The van der Waals surface area contributed by atoms with Gasteiger partial charge in [-0.2, -0.15) is 0 Å². The standard InChI is InChI=1S/C13H8Br2N2O4/c14-8-2-3-9(15)10(6-8)16-13(19)7-1-4-11(17(20)21)12(18)5-7/h1-6,18H,(H,16,19). The molecule has 8 heteroatoms. The van der Waals surface area contributed by atoms with Gasteiger partial charge < -0.3 is 10.4 Å². The Morgan fingerprint density at radius 1 is 1.19 bits per heavy atom. The Morgan fingerprint density at radius 2 is 1.90 bits per heavy atom. The Bertz CT molecular complexity index is 734. The number of benzene rings is 2. The van der Waals surface area contributed by atoms with Crippen LogP contribution in [0.3, 0.4) is 0 Å². The van der Waals surface area contributed by atoms with Crippen LogP contribution < -0.4 is 5.32 Å². The van der Waals surface area contributed by atoms with Gasteiger partial charge in [-0.3, -0.25) is 14.9 Å². The number of anilines is 1. The van der Waals surface area contributed by atoms with Crippen molar-refractivity contribution < 1.29 is 14.8 Å². The lowest BCUT2D eigenvalue weighted by Gasteiger charge is -2.08. The van der Waals surface area contributed by atoms with E-state index in [0.717, 1.165) is 16.6 Å². The second-order valence-corrected chi connectivity index (χ2v) is 5.81. The Morgan fingerprint density at radius 3 is 2.52 bits per heavy atom. The maximum Gasteiger partial charge on any atom is 0.310 e. The molecule has 2 aromatic rings. The van der Waals surface area contributed by atoms with Crippen molar-refractivity contribution in [3.63, 3.8) is 0 Å². The number of phenolic OH excluding ortho intramolecular Hbond substituents is 1. The van der Waals surface area contributed by atoms with E-state index in [2.05, 4.69) is 37.2 Å². The van der Waals surface area contributed by atoms with Crippen LogP contribution in [0.2, 0.25) is 0 Å². The van der Waals surface area contributed by atoms with E-state index in [1.807, 2.05) is 0 Å². The van der Waals surface area contributed by atoms with Crippen molar-refractivity contribution in [2.24, 2.45) is 0 Å². The van der Waals surface area contributed by atoms with E-state index in [0.29, 0.717) is 10.2 Å². The van der Waals surface area contributed by atoms with Gasteiger partial charge in [-0.05, 0) is 46.3 Å². The van der Waals surface area contributed by atoms with E-state index < -0.39 is 22.3 Å². The Hall–Kier alpha value is -1.93. The lowest BCUT2D eigenvalue weighted by atomic mass is 10.1. The molecule has 108 valence electrons. The summed E-state index contributed by atoms with van der Waals surface area (Å²) in [5.74, 6) is -1.04. The quantitative estimate of drug-likeness (QED) is 0.583. The first-order chi connectivity index (χ1) is 9.88. The van der Waals surface area contributed by atoms with Gasteiger partial charge in [0.2, 0.25) is 0 Å². The van der Waals surface area contributed by atoms with E-state index in [9.17, 15) is 20.0 Å². The fraction of sp³-hybridized carbons (Fsp3) is 0. The number of nitrogens with one attached hydrogen (secondary N) is 1. The molecule has 21 heavy (non-hydrogen) atoms. The second kappa shape index (κ2) is 6.23. The molecular weight excluding hydrogens is 408 g/mol. The van der Waals surface area contributed by atoms with Crippen LogP contribution in [-0.4, -0.2) is 15.9 Å². The van der Waals surface area contributed by atoms with Crippen LogP contribution in [0.25, 0.3) is 0 Å². The Labute approximate surface area is 136 Å². The minimum Gasteiger partial charge on any atom is -0.502 e. The van der Waals surface area contributed by atoms with E-state index in [1.54, 1.807) is 18.2 Å². The number of carbonyl (C=O) groups excluding carboxylic acids is 1. The van der Waals surface area contributed by atoms with E-state index >= 15 is 0 Å². The minimum atomic E-state index is -0.720. The monoisotopic (exact) mass is 414 g/mol. The van der Waals surface area contributed by atoms with Crippen molar-refractivity contribution in [2.75, 3.05) is 5.32 Å². The summed E-state index contributed by atoms with van der Waals surface area (Å²) in [6.07, 6.45) is 0. The zero-order valence-electron chi connectivity index (χ0n) is 10.3. The molecule has 0 saturated carbocycles. The van der Waals surface area contributed by atoms with Crippen LogP contribution in [0.5, 0.6) is 5.75 Å². The molecule has 0 bridgehead atoms. The van der Waals surface area contributed by atoms with Crippen molar-refractivity contribution >= 4 is 49.1 Å². The highest BCUT2D eigenvalue weighted by molar-refractivity contribution is 9.11. The summed E-state index contributed by atoms with van der Waals surface area (Å²) < 4.78 is 1.47. The van der Waals surface area contributed by atoms with Crippen LogP contribution in [0.1, 0.15) is 10.4 Å². The first-order valence-electron chi connectivity index (χ1n) is 5.62. The summed E-state index contributed by atoms with van der Waals surface area (Å²) in [6, 6.07) is 8.68.